The van der Waals surface area contributed by atoms with Gasteiger partial charge in [0.2, 0.25) is 10.0 Å². The molecular formula is C12H16BrClF2N2O2S. The molecule has 1 aromatic carbocycles. The lowest BCUT2D eigenvalue weighted by Gasteiger charge is -2.26. The molecule has 1 aliphatic rings. The first-order valence-electron chi connectivity index (χ1n) is 6.22. The maximum absolute atomic E-state index is 13.6. The molecule has 1 aliphatic carbocycles. The van der Waals surface area contributed by atoms with Crippen LogP contribution in [0.3, 0.4) is 0 Å². The van der Waals surface area contributed by atoms with Crippen LogP contribution in [0.15, 0.2) is 21.5 Å². The summed E-state index contributed by atoms with van der Waals surface area (Å²) in [6.07, 6.45) is 2.68. The van der Waals surface area contributed by atoms with Crippen molar-refractivity contribution in [1.82, 2.24) is 4.72 Å². The maximum atomic E-state index is 13.6. The molecule has 1 saturated carbocycles. The van der Waals surface area contributed by atoms with Gasteiger partial charge in [-0.25, -0.2) is 21.9 Å². The number of nitrogens with one attached hydrogen (secondary N) is 1. The minimum atomic E-state index is -4.01. The lowest BCUT2D eigenvalue weighted by atomic mass is 9.93. The Hall–Kier alpha value is -0.280. The molecule has 0 atom stereocenters. The summed E-state index contributed by atoms with van der Waals surface area (Å²) in [4.78, 5) is -0.555. The van der Waals surface area contributed by atoms with Gasteiger partial charge in [-0.2, -0.15) is 0 Å². The minimum absolute atomic E-state index is 0. The Morgan fingerprint density at radius 3 is 2.29 bits per heavy atom. The van der Waals surface area contributed by atoms with E-state index >= 15 is 0 Å². The van der Waals surface area contributed by atoms with Crippen molar-refractivity contribution in [3.8, 4) is 0 Å². The molecule has 3 N–H and O–H groups in total. The van der Waals surface area contributed by atoms with E-state index in [0.29, 0.717) is 18.9 Å². The Kier molecular flexibility index (Phi) is 6.54. The van der Waals surface area contributed by atoms with E-state index < -0.39 is 26.6 Å². The van der Waals surface area contributed by atoms with Crippen molar-refractivity contribution in [2.75, 3.05) is 0 Å². The maximum Gasteiger partial charge on any atom is 0.243 e. The molecule has 9 heteroatoms. The number of rotatable bonds is 3. The first-order chi connectivity index (χ1) is 9.29. The number of hydrogen-bond acceptors (Lipinski definition) is 3. The van der Waals surface area contributed by atoms with Crippen molar-refractivity contribution in [2.45, 2.75) is 42.7 Å². The predicted molar refractivity (Wildman–Crippen MR) is 81.9 cm³/mol. The Labute approximate surface area is 137 Å². The van der Waals surface area contributed by atoms with E-state index in [1.54, 1.807) is 0 Å². The third-order valence-corrected chi connectivity index (χ3v) is 5.50. The van der Waals surface area contributed by atoms with Crippen LogP contribution < -0.4 is 10.5 Å². The van der Waals surface area contributed by atoms with Crippen molar-refractivity contribution in [3.05, 3.63) is 28.2 Å². The van der Waals surface area contributed by atoms with Crippen LogP contribution in [0.25, 0.3) is 0 Å². The molecule has 0 heterocycles. The Bertz CT molecular complexity index is 608. The highest BCUT2D eigenvalue weighted by Gasteiger charge is 2.27. The molecule has 1 aromatic rings. The Balaban J connectivity index is 0.00000220. The lowest BCUT2D eigenvalue weighted by Crippen LogP contribution is -2.40. The topological polar surface area (TPSA) is 72.2 Å². The Morgan fingerprint density at radius 2 is 1.71 bits per heavy atom. The van der Waals surface area contributed by atoms with Crippen LogP contribution >= 0.6 is 28.3 Å². The van der Waals surface area contributed by atoms with Crippen molar-refractivity contribution < 1.29 is 17.2 Å². The molecule has 2 rings (SSSR count). The van der Waals surface area contributed by atoms with E-state index in [2.05, 4.69) is 20.7 Å². The number of benzene rings is 1. The van der Waals surface area contributed by atoms with Gasteiger partial charge >= 0.3 is 0 Å². The fourth-order valence-corrected chi connectivity index (χ4v) is 4.12. The summed E-state index contributed by atoms with van der Waals surface area (Å²) in [5, 5.41) is 0. The molecule has 1 fully saturated rings. The molecule has 120 valence electrons. The molecular weight excluding hydrogens is 390 g/mol. The summed E-state index contributed by atoms with van der Waals surface area (Å²) in [5.74, 6) is -1.95. The molecule has 0 aromatic heterocycles. The van der Waals surface area contributed by atoms with E-state index in [1.165, 1.54) is 0 Å². The summed E-state index contributed by atoms with van der Waals surface area (Å²) in [6, 6.07) is 1.31. The summed E-state index contributed by atoms with van der Waals surface area (Å²) in [7, 11) is -4.01. The monoisotopic (exact) mass is 404 g/mol. The SMILES string of the molecule is Cl.NC1CCC(NS(=O)(=O)c2cc(Br)c(F)cc2F)CC1. The molecule has 0 aliphatic heterocycles. The largest absolute Gasteiger partial charge is 0.328 e. The fourth-order valence-electron chi connectivity index (χ4n) is 2.23. The van der Waals surface area contributed by atoms with Crippen LogP contribution in [0, 0.1) is 11.6 Å². The minimum Gasteiger partial charge on any atom is -0.328 e. The third-order valence-electron chi connectivity index (χ3n) is 3.36. The van der Waals surface area contributed by atoms with Gasteiger partial charge in [-0.05, 0) is 47.7 Å². The molecule has 21 heavy (non-hydrogen) atoms. The highest BCUT2D eigenvalue weighted by molar-refractivity contribution is 9.10. The average molecular weight is 406 g/mol. The molecule has 0 bridgehead atoms. The summed E-state index contributed by atoms with van der Waals surface area (Å²) in [5.41, 5.74) is 5.75. The van der Waals surface area contributed by atoms with Crippen LogP contribution in [-0.4, -0.2) is 20.5 Å². The first kappa shape index (κ1) is 18.8. The van der Waals surface area contributed by atoms with E-state index in [0.717, 1.165) is 18.9 Å². The first-order valence-corrected chi connectivity index (χ1v) is 8.49. The summed E-state index contributed by atoms with van der Waals surface area (Å²) in [6.45, 7) is 0. The van der Waals surface area contributed by atoms with Gasteiger partial charge in [-0.1, -0.05) is 0 Å². The number of halogens is 4. The van der Waals surface area contributed by atoms with E-state index in [9.17, 15) is 17.2 Å². The second-order valence-corrected chi connectivity index (χ2v) is 7.47. The lowest BCUT2D eigenvalue weighted by molar-refractivity contribution is 0.373. The summed E-state index contributed by atoms with van der Waals surface area (Å²) >= 11 is 2.86. The highest BCUT2D eigenvalue weighted by atomic mass is 79.9. The van der Waals surface area contributed by atoms with Gasteiger partial charge in [0.05, 0.1) is 4.47 Å². The zero-order chi connectivity index (χ0) is 14.9. The number of sulfonamides is 1. The highest BCUT2D eigenvalue weighted by Crippen LogP contribution is 2.25. The van der Waals surface area contributed by atoms with E-state index in [1.807, 2.05) is 0 Å². The second-order valence-electron chi connectivity index (χ2n) is 4.93. The van der Waals surface area contributed by atoms with Crippen LogP contribution in [0.1, 0.15) is 25.7 Å². The van der Waals surface area contributed by atoms with Gasteiger partial charge in [-0.15, -0.1) is 12.4 Å². The molecule has 0 radical (unpaired) electrons. The summed E-state index contributed by atoms with van der Waals surface area (Å²) < 4.78 is 53.4. The standard InChI is InChI=1S/C12H15BrF2N2O2S.ClH/c13-9-5-12(11(15)6-10(9)14)20(18,19)17-8-3-1-7(16)2-4-8;/h5-8,17H,1-4,16H2;1H. The van der Waals surface area contributed by atoms with Gasteiger partial charge in [0, 0.05) is 18.2 Å². The number of hydrogen-bond donors (Lipinski definition) is 2. The predicted octanol–water partition coefficient (Wildman–Crippen LogP) is 2.70. The molecule has 0 unspecified atom stereocenters. The average Bonchev–Trinajstić information content (AvgIpc) is 2.36. The smallest absolute Gasteiger partial charge is 0.243 e. The van der Waals surface area contributed by atoms with Gasteiger partial charge < -0.3 is 5.73 Å². The zero-order valence-electron chi connectivity index (χ0n) is 11.0. The fraction of sp³-hybridized carbons (Fsp3) is 0.500. The molecule has 0 saturated heterocycles. The van der Waals surface area contributed by atoms with Crippen LogP contribution in [-0.2, 0) is 10.0 Å². The van der Waals surface area contributed by atoms with Gasteiger partial charge in [0.1, 0.15) is 16.5 Å². The quantitative estimate of drug-likeness (QED) is 0.760. The van der Waals surface area contributed by atoms with Crippen molar-refractivity contribution in [1.29, 1.82) is 0 Å². The van der Waals surface area contributed by atoms with Crippen molar-refractivity contribution >= 4 is 38.4 Å². The normalized spacial score (nSPS) is 22.7. The van der Waals surface area contributed by atoms with Crippen LogP contribution in [0.5, 0.6) is 0 Å². The third kappa shape index (κ3) is 4.59. The van der Waals surface area contributed by atoms with Crippen molar-refractivity contribution in [3.63, 3.8) is 0 Å². The zero-order valence-corrected chi connectivity index (χ0v) is 14.2. The van der Waals surface area contributed by atoms with E-state index in [4.69, 9.17) is 5.73 Å². The van der Waals surface area contributed by atoms with Gasteiger partial charge in [-0.3, -0.25) is 0 Å². The molecule has 0 amide bonds. The molecule has 4 nitrogen and oxygen atoms in total. The van der Waals surface area contributed by atoms with Crippen LogP contribution in [0.2, 0.25) is 0 Å². The molecule has 0 spiro atoms. The Morgan fingerprint density at radius 1 is 1.14 bits per heavy atom. The van der Waals surface area contributed by atoms with E-state index in [-0.39, 0.29) is 29.0 Å². The van der Waals surface area contributed by atoms with Crippen molar-refractivity contribution in [2.24, 2.45) is 5.73 Å². The second kappa shape index (κ2) is 7.32. The van der Waals surface area contributed by atoms with Gasteiger partial charge in [0.15, 0.2) is 0 Å². The number of nitrogens with two attached hydrogens (primary N) is 1. The van der Waals surface area contributed by atoms with Gasteiger partial charge in [0.25, 0.3) is 0 Å². The van der Waals surface area contributed by atoms with Crippen LogP contribution in [0.4, 0.5) is 8.78 Å².